The van der Waals surface area contributed by atoms with Crippen molar-refractivity contribution in [2.75, 3.05) is 5.32 Å². The molecule has 1 aliphatic rings. The van der Waals surface area contributed by atoms with Crippen LogP contribution in [0.25, 0.3) is 0 Å². The molecule has 0 radical (unpaired) electrons. The summed E-state index contributed by atoms with van der Waals surface area (Å²) in [6.07, 6.45) is 1.23. The summed E-state index contributed by atoms with van der Waals surface area (Å²) in [5.41, 5.74) is 1.70. The molecule has 1 aromatic carbocycles. The molecule has 4 heteroatoms. The molecular weight excluding hydrogens is 216 g/mol. The number of rotatable bonds is 1. The van der Waals surface area contributed by atoms with E-state index in [0.717, 1.165) is 11.3 Å². The van der Waals surface area contributed by atoms with Gasteiger partial charge >= 0.3 is 0 Å². The van der Waals surface area contributed by atoms with Crippen molar-refractivity contribution in [3.63, 3.8) is 0 Å². The zero-order chi connectivity index (χ0) is 12.4. The van der Waals surface area contributed by atoms with Crippen LogP contribution in [0.2, 0.25) is 0 Å². The van der Waals surface area contributed by atoms with E-state index in [1.807, 2.05) is 24.3 Å². The van der Waals surface area contributed by atoms with Crippen LogP contribution in [0.3, 0.4) is 0 Å². The molecule has 1 heterocycles. The average molecular weight is 230 g/mol. The van der Waals surface area contributed by atoms with Crippen LogP contribution in [-0.2, 0) is 16.1 Å². The van der Waals surface area contributed by atoms with Gasteiger partial charge in [0.05, 0.1) is 0 Å². The standard InChI is InChI=1S/C13H14N2O2/c1-3-12(16)15-8-10-6-4-5-7-11(10)14-13(17)9(15)2/h3-7,9H,1,8H2,2H3,(H,14,17). The minimum Gasteiger partial charge on any atom is -0.324 e. The van der Waals surface area contributed by atoms with Gasteiger partial charge in [0.2, 0.25) is 11.8 Å². The van der Waals surface area contributed by atoms with Gasteiger partial charge in [-0.2, -0.15) is 0 Å². The predicted octanol–water partition coefficient (Wildman–Crippen LogP) is 1.54. The fraction of sp³-hybridized carbons (Fsp3) is 0.231. The van der Waals surface area contributed by atoms with Gasteiger partial charge in [0.15, 0.2) is 0 Å². The van der Waals surface area contributed by atoms with E-state index in [1.165, 1.54) is 11.0 Å². The van der Waals surface area contributed by atoms with E-state index in [1.54, 1.807) is 6.92 Å². The number of nitrogens with zero attached hydrogens (tertiary/aromatic N) is 1. The first-order chi connectivity index (χ1) is 8.13. The summed E-state index contributed by atoms with van der Waals surface area (Å²) < 4.78 is 0. The van der Waals surface area contributed by atoms with E-state index in [9.17, 15) is 9.59 Å². The molecule has 1 aliphatic heterocycles. The van der Waals surface area contributed by atoms with Crippen molar-refractivity contribution >= 4 is 17.5 Å². The molecule has 88 valence electrons. The largest absolute Gasteiger partial charge is 0.324 e. The fourth-order valence-electron chi connectivity index (χ4n) is 1.87. The minimum absolute atomic E-state index is 0.176. The third-order valence-corrected chi connectivity index (χ3v) is 2.92. The average Bonchev–Trinajstić information content (AvgIpc) is 2.47. The maximum atomic E-state index is 11.9. The van der Waals surface area contributed by atoms with Crippen molar-refractivity contribution in [1.82, 2.24) is 4.90 Å². The summed E-state index contributed by atoms with van der Waals surface area (Å²) in [6.45, 7) is 5.59. The molecule has 0 spiro atoms. The van der Waals surface area contributed by atoms with Crippen molar-refractivity contribution in [2.24, 2.45) is 0 Å². The van der Waals surface area contributed by atoms with Gasteiger partial charge in [-0.05, 0) is 24.6 Å². The molecule has 17 heavy (non-hydrogen) atoms. The Kier molecular flexibility index (Phi) is 2.95. The topological polar surface area (TPSA) is 49.4 Å². The molecule has 0 aromatic heterocycles. The van der Waals surface area contributed by atoms with Crippen LogP contribution < -0.4 is 5.32 Å². The second kappa shape index (κ2) is 4.41. The summed E-state index contributed by atoms with van der Waals surface area (Å²) in [4.78, 5) is 25.1. The van der Waals surface area contributed by atoms with E-state index in [-0.39, 0.29) is 11.8 Å². The number of carbonyl (C=O) groups excluding carboxylic acids is 2. The molecule has 1 unspecified atom stereocenters. The predicted molar refractivity (Wildman–Crippen MR) is 65.3 cm³/mol. The van der Waals surface area contributed by atoms with Gasteiger partial charge in [-0.1, -0.05) is 24.8 Å². The van der Waals surface area contributed by atoms with Gasteiger partial charge in [-0.25, -0.2) is 0 Å². The van der Waals surface area contributed by atoms with Gasteiger partial charge < -0.3 is 10.2 Å². The Morgan fingerprint density at radius 2 is 2.24 bits per heavy atom. The summed E-state index contributed by atoms with van der Waals surface area (Å²) in [6, 6.07) is 6.98. The SMILES string of the molecule is C=CC(=O)N1Cc2ccccc2NC(=O)C1C. The van der Waals surface area contributed by atoms with Crippen LogP contribution in [0.4, 0.5) is 5.69 Å². The van der Waals surface area contributed by atoms with E-state index in [4.69, 9.17) is 0 Å². The lowest BCUT2D eigenvalue weighted by atomic mass is 10.1. The van der Waals surface area contributed by atoms with Crippen molar-refractivity contribution in [1.29, 1.82) is 0 Å². The Morgan fingerprint density at radius 3 is 2.94 bits per heavy atom. The fourth-order valence-corrected chi connectivity index (χ4v) is 1.87. The van der Waals surface area contributed by atoms with Crippen LogP contribution >= 0.6 is 0 Å². The molecule has 4 nitrogen and oxygen atoms in total. The number of para-hydroxylation sites is 1. The lowest BCUT2D eigenvalue weighted by Gasteiger charge is -2.24. The molecule has 0 fully saturated rings. The highest BCUT2D eigenvalue weighted by Crippen LogP contribution is 2.22. The summed E-state index contributed by atoms with van der Waals surface area (Å²) in [5.74, 6) is -0.408. The van der Waals surface area contributed by atoms with Crippen molar-refractivity contribution < 1.29 is 9.59 Å². The molecule has 1 aromatic rings. The van der Waals surface area contributed by atoms with Crippen LogP contribution in [0.15, 0.2) is 36.9 Å². The van der Waals surface area contributed by atoms with Gasteiger partial charge in [0.25, 0.3) is 0 Å². The molecule has 0 saturated carbocycles. The maximum absolute atomic E-state index is 11.9. The molecule has 1 atom stereocenters. The summed E-state index contributed by atoms with van der Waals surface area (Å²) in [5, 5.41) is 2.81. The zero-order valence-corrected chi connectivity index (χ0v) is 9.64. The molecule has 0 saturated heterocycles. The van der Waals surface area contributed by atoms with Gasteiger partial charge in [-0.3, -0.25) is 9.59 Å². The van der Waals surface area contributed by atoms with E-state index in [0.29, 0.717) is 6.54 Å². The van der Waals surface area contributed by atoms with E-state index in [2.05, 4.69) is 11.9 Å². The number of benzene rings is 1. The van der Waals surface area contributed by atoms with Crippen molar-refractivity contribution in [3.8, 4) is 0 Å². The number of fused-ring (bicyclic) bond motifs is 1. The summed E-state index contributed by atoms with van der Waals surface area (Å²) in [7, 11) is 0. The molecule has 0 aliphatic carbocycles. The Morgan fingerprint density at radius 1 is 1.53 bits per heavy atom. The third kappa shape index (κ3) is 2.06. The van der Waals surface area contributed by atoms with Crippen molar-refractivity contribution in [3.05, 3.63) is 42.5 Å². The lowest BCUT2D eigenvalue weighted by Crippen LogP contribution is -2.42. The maximum Gasteiger partial charge on any atom is 0.246 e. The number of amides is 2. The lowest BCUT2D eigenvalue weighted by molar-refractivity contribution is -0.134. The zero-order valence-electron chi connectivity index (χ0n) is 9.64. The van der Waals surface area contributed by atoms with Gasteiger partial charge in [-0.15, -0.1) is 0 Å². The third-order valence-electron chi connectivity index (χ3n) is 2.92. The van der Waals surface area contributed by atoms with Crippen LogP contribution in [0.5, 0.6) is 0 Å². The Labute approximate surface area is 99.9 Å². The van der Waals surface area contributed by atoms with E-state index >= 15 is 0 Å². The smallest absolute Gasteiger partial charge is 0.246 e. The molecule has 0 bridgehead atoms. The van der Waals surface area contributed by atoms with Crippen LogP contribution in [0, 0.1) is 0 Å². The van der Waals surface area contributed by atoms with Crippen LogP contribution in [-0.4, -0.2) is 22.8 Å². The Balaban J connectivity index is 2.41. The van der Waals surface area contributed by atoms with E-state index < -0.39 is 6.04 Å². The first kappa shape index (κ1) is 11.4. The number of carbonyl (C=O) groups is 2. The monoisotopic (exact) mass is 230 g/mol. The Hall–Kier alpha value is -2.10. The molecule has 1 N–H and O–H groups in total. The quantitative estimate of drug-likeness (QED) is 0.744. The first-order valence-electron chi connectivity index (χ1n) is 5.45. The second-order valence-corrected chi connectivity index (χ2v) is 3.99. The highest BCUT2D eigenvalue weighted by Gasteiger charge is 2.28. The van der Waals surface area contributed by atoms with Gasteiger partial charge in [0.1, 0.15) is 6.04 Å². The normalized spacial score (nSPS) is 19.0. The second-order valence-electron chi connectivity index (χ2n) is 3.99. The highest BCUT2D eigenvalue weighted by atomic mass is 16.2. The first-order valence-corrected chi connectivity index (χ1v) is 5.45. The minimum atomic E-state index is -0.493. The molecule has 2 amide bonds. The number of hydrogen-bond acceptors (Lipinski definition) is 2. The summed E-state index contributed by atoms with van der Waals surface area (Å²) >= 11 is 0. The molecule has 2 rings (SSSR count). The highest BCUT2D eigenvalue weighted by molar-refractivity contribution is 6.00. The van der Waals surface area contributed by atoms with Gasteiger partial charge in [0, 0.05) is 12.2 Å². The molecular formula is C13H14N2O2. The Bertz CT molecular complexity index is 482. The number of hydrogen-bond donors (Lipinski definition) is 1. The number of nitrogens with one attached hydrogen (secondary N) is 1. The van der Waals surface area contributed by atoms with Crippen LogP contribution in [0.1, 0.15) is 12.5 Å². The number of anilines is 1. The van der Waals surface area contributed by atoms with Crippen molar-refractivity contribution in [2.45, 2.75) is 19.5 Å².